The summed E-state index contributed by atoms with van der Waals surface area (Å²) < 4.78 is 11.3. The van der Waals surface area contributed by atoms with Gasteiger partial charge in [0.1, 0.15) is 11.5 Å². The highest BCUT2D eigenvalue weighted by molar-refractivity contribution is 5.53. The Kier molecular flexibility index (Phi) is 5.12. The lowest BCUT2D eigenvalue weighted by molar-refractivity contribution is 0.300. The number of nitrogens with two attached hydrogens (primary N) is 1. The third-order valence-corrected chi connectivity index (χ3v) is 4.52. The van der Waals surface area contributed by atoms with Gasteiger partial charge in [-0.3, -0.25) is 4.90 Å². The van der Waals surface area contributed by atoms with Crippen molar-refractivity contribution < 1.29 is 9.47 Å². The third kappa shape index (κ3) is 3.01. The van der Waals surface area contributed by atoms with Crippen molar-refractivity contribution in [3.8, 4) is 11.5 Å². The van der Waals surface area contributed by atoms with Crippen LogP contribution in [0.3, 0.4) is 0 Å². The van der Waals surface area contributed by atoms with Crippen LogP contribution in [0.4, 0.5) is 0 Å². The van der Waals surface area contributed by atoms with Crippen molar-refractivity contribution in [2.75, 3.05) is 34.4 Å². The summed E-state index contributed by atoms with van der Waals surface area (Å²) in [6.45, 7) is 6.14. The number of likely N-dealkylation sites (tertiary alicyclic amines) is 1. The smallest absolute Gasteiger partial charge is 0.130 e. The van der Waals surface area contributed by atoms with Crippen LogP contribution in [0.5, 0.6) is 11.5 Å². The molecular formula is C17H28N2O2. The highest BCUT2D eigenvalue weighted by atomic mass is 16.5. The molecule has 1 aromatic carbocycles. The van der Waals surface area contributed by atoms with Gasteiger partial charge in [-0.1, -0.05) is 19.9 Å². The fourth-order valence-corrected chi connectivity index (χ4v) is 3.45. The summed E-state index contributed by atoms with van der Waals surface area (Å²) in [4.78, 5) is 2.38. The van der Waals surface area contributed by atoms with Crippen molar-refractivity contribution in [3.05, 3.63) is 23.3 Å². The summed E-state index contributed by atoms with van der Waals surface area (Å²) in [6.07, 6.45) is 1.09. The minimum atomic E-state index is 0.354. The van der Waals surface area contributed by atoms with Gasteiger partial charge in [-0.2, -0.15) is 0 Å². The maximum atomic E-state index is 5.85. The number of hydrogen-bond acceptors (Lipinski definition) is 4. The molecule has 2 N–H and O–H groups in total. The average Bonchev–Trinajstić information content (AvgIpc) is 2.86. The highest BCUT2D eigenvalue weighted by Gasteiger charge is 2.33. The lowest BCUT2D eigenvalue weighted by Crippen LogP contribution is -2.21. The number of hydrogen-bond donors (Lipinski definition) is 1. The second-order valence-corrected chi connectivity index (χ2v) is 6.25. The molecular weight excluding hydrogens is 264 g/mol. The lowest BCUT2D eigenvalue weighted by Gasteiger charge is -2.25. The summed E-state index contributed by atoms with van der Waals surface area (Å²) in [5, 5.41) is 0. The van der Waals surface area contributed by atoms with Crippen LogP contribution >= 0.6 is 0 Å². The molecule has 2 unspecified atom stereocenters. The first-order chi connectivity index (χ1) is 10.0. The number of ether oxygens (including phenoxy) is 2. The van der Waals surface area contributed by atoms with Crippen LogP contribution in [-0.2, 0) is 0 Å². The van der Waals surface area contributed by atoms with Gasteiger partial charge in [-0.15, -0.1) is 0 Å². The van der Waals surface area contributed by atoms with Crippen LogP contribution in [0.1, 0.15) is 43.4 Å². The second kappa shape index (κ2) is 6.67. The van der Waals surface area contributed by atoms with Crippen LogP contribution in [0.2, 0.25) is 0 Å². The number of rotatable bonds is 5. The molecule has 0 aromatic heterocycles. The molecule has 1 aliphatic heterocycles. The first kappa shape index (κ1) is 16.1. The van der Waals surface area contributed by atoms with Crippen LogP contribution in [0.15, 0.2) is 12.1 Å². The Morgan fingerprint density at radius 1 is 1.29 bits per heavy atom. The molecule has 0 radical (unpaired) electrons. The molecule has 4 nitrogen and oxygen atoms in total. The summed E-state index contributed by atoms with van der Waals surface area (Å²) in [7, 11) is 5.63. The second-order valence-electron chi connectivity index (χ2n) is 6.25. The molecule has 1 aliphatic rings. The molecule has 0 amide bonds. The standard InChI is InChI=1S/C17H28N2O2/c1-11(2)16-15(20-4)7-6-13(17(16)21-5)14-8-12(9-18)10-19(14)3/h6-7,11-12,14H,8-10,18H2,1-5H3. The average molecular weight is 292 g/mol. The molecule has 118 valence electrons. The first-order valence-corrected chi connectivity index (χ1v) is 7.68. The molecule has 0 spiro atoms. The van der Waals surface area contributed by atoms with E-state index in [-0.39, 0.29) is 0 Å². The quantitative estimate of drug-likeness (QED) is 0.906. The monoisotopic (exact) mass is 292 g/mol. The van der Waals surface area contributed by atoms with Gasteiger partial charge < -0.3 is 15.2 Å². The molecule has 0 bridgehead atoms. The molecule has 1 heterocycles. The zero-order valence-electron chi connectivity index (χ0n) is 13.8. The van der Waals surface area contributed by atoms with Crippen LogP contribution < -0.4 is 15.2 Å². The molecule has 2 atom stereocenters. The molecule has 1 aromatic rings. The van der Waals surface area contributed by atoms with Crippen molar-refractivity contribution in [2.45, 2.75) is 32.2 Å². The van der Waals surface area contributed by atoms with Crippen LogP contribution in [0, 0.1) is 5.92 Å². The lowest BCUT2D eigenvalue weighted by atomic mass is 9.92. The number of methoxy groups -OCH3 is 2. The molecule has 0 saturated carbocycles. The van der Waals surface area contributed by atoms with E-state index in [1.807, 2.05) is 0 Å². The van der Waals surface area contributed by atoms with E-state index in [4.69, 9.17) is 15.2 Å². The Balaban J connectivity index is 2.47. The Morgan fingerprint density at radius 2 is 2.00 bits per heavy atom. The first-order valence-electron chi connectivity index (χ1n) is 7.68. The van der Waals surface area contributed by atoms with E-state index in [1.54, 1.807) is 14.2 Å². The van der Waals surface area contributed by atoms with E-state index in [0.717, 1.165) is 36.6 Å². The normalized spacial score (nSPS) is 22.8. The largest absolute Gasteiger partial charge is 0.496 e. The zero-order valence-corrected chi connectivity index (χ0v) is 13.8. The van der Waals surface area contributed by atoms with Gasteiger partial charge in [0.25, 0.3) is 0 Å². The molecule has 1 fully saturated rings. The summed E-state index contributed by atoms with van der Waals surface area (Å²) in [6, 6.07) is 4.58. The number of nitrogens with zero attached hydrogens (tertiary/aromatic N) is 1. The minimum Gasteiger partial charge on any atom is -0.496 e. The van der Waals surface area contributed by atoms with Crippen molar-refractivity contribution in [1.29, 1.82) is 0 Å². The maximum absolute atomic E-state index is 5.85. The Labute approximate surface area is 128 Å². The highest BCUT2D eigenvalue weighted by Crippen LogP contribution is 2.44. The Morgan fingerprint density at radius 3 is 2.48 bits per heavy atom. The van der Waals surface area contributed by atoms with E-state index >= 15 is 0 Å². The molecule has 0 aliphatic carbocycles. The third-order valence-electron chi connectivity index (χ3n) is 4.52. The fraction of sp³-hybridized carbons (Fsp3) is 0.647. The zero-order chi connectivity index (χ0) is 15.6. The van der Waals surface area contributed by atoms with Gasteiger partial charge in [-0.25, -0.2) is 0 Å². The minimum absolute atomic E-state index is 0.354. The van der Waals surface area contributed by atoms with E-state index in [1.165, 1.54) is 5.56 Å². The molecule has 21 heavy (non-hydrogen) atoms. The molecule has 4 heteroatoms. The van der Waals surface area contributed by atoms with Gasteiger partial charge >= 0.3 is 0 Å². The van der Waals surface area contributed by atoms with E-state index < -0.39 is 0 Å². The predicted molar refractivity (Wildman–Crippen MR) is 86.2 cm³/mol. The number of benzene rings is 1. The SMILES string of the molecule is COc1ccc(C2CC(CN)CN2C)c(OC)c1C(C)C. The maximum Gasteiger partial charge on any atom is 0.130 e. The van der Waals surface area contributed by atoms with Crippen LogP contribution in [-0.4, -0.2) is 39.3 Å². The predicted octanol–water partition coefficient (Wildman–Crippen LogP) is 2.78. The molecule has 2 rings (SSSR count). The summed E-state index contributed by atoms with van der Waals surface area (Å²) >= 11 is 0. The topological polar surface area (TPSA) is 47.7 Å². The van der Waals surface area contributed by atoms with Crippen molar-refractivity contribution in [3.63, 3.8) is 0 Å². The van der Waals surface area contributed by atoms with Crippen molar-refractivity contribution in [2.24, 2.45) is 11.7 Å². The van der Waals surface area contributed by atoms with E-state index in [0.29, 0.717) is 17.9 Å². The Hall–Kier alpha value is -1.26. The summed E-state index contributed by atoms with van der Waals surface area (Å²) in [5.41, 5.74) is 8.26. The fourth-order valence-electron chi connectivity index (χ4n) is 3.45. The van der Waals surface area contributed by atoms with Gasteiger partial charge in [0, 0.05) is 23.7 Å². The van der Waals surface area contributed by atoms with Crippen molar-refractivity contribution >= 4 is 0 Å². The van der Waals surface area contributed by atoms with E-state index in [2.05, 4.69) is 37.9 Å². The summed E-state index contributed by atoms with van der Waals surface area (Å²) in [5.74, 6) is 2.79. The van der Waals surface area contributed by atoms with Gasteiger partial charge in [0.2, 0.25) is 0 Å². The molecule has 1 saturated heterocycles. The van der Waals surface area contributed by atoms with Crippen molar-refractivity contribution in [1.82, 2.24) is 4.90 Å². The van der Waals surface area contributed by atoms with E-state index in [9.17, 15) is 0 Å². The van der Waals surface area contributed by atoms with Gasteiger partial charge in [-0.05, 0) is 37.9 Å². The van der Waals surface area contributed by atoms with Gasteiger partial charge in [0.05, 0.1) is 14.2 Å². The Bertz CT molecular complexity index is 488. The van der Waals surface area contributed by atoms with Crippen LogP contribution in [0.25, 0.3) is 0 Å². The van der Waals surface area contributed by atoms with Gasteiger partial charge in [0.15, 0.2) is 0 Å².